The van der Waals surface area contributed by atoms with E-state index in [0.717, 1.165) is 0 Å². The van der Waals surface area contributed by atoms with E-state index in [1.165, 1.54) is 0 Å². The minimum atomic E-state index is -1.22. The van der Waals surface area contributed by atoms with Crippen molar-refractivity contribution in [2.24, 2.45) is 0 Å². The van der Waals surface area contributed by atoms with Crippen LogP contribution in [0.25, 0.3) is 98.4 Å². The Morgan fingerprint density at radius 3 is 1.40 bits per heavy atom. The second-order valence-electron chi connectivity index (χ2n) is 10.8. The zero-order valence-electron chi connectivity index (χ0n) is 57.0. The van der Waals surface area contributed by atoms with Crippen LogP contribution >= 0.6 is 0 Å². The summed E-state index contributed by atoms with van der Waals surface area (Å²) in [6.07, 6.45) is 0. The summed E-state index contributed by atoms with van der Waals surface area (Å²) in [6, 6.07) is -32.3. The predicted octanol–water partition coefficient (Wildman–Crippen LogP) is 14.1. The average Bonchev–Trinajstić information content (AvgIpc) is 2.42. The summed E-state index contributed by atoms with van der Waals surface area (Å²) in [5, 5.41) is -7.62. The molecule has 0 unspecified atom stereocenters. The third-order valence-corrected chi connectivity index (χ3v) is 7.94. The Kier molecular flexibility index (Phi) is 2.55. The molecular weight excluding hydrogens is 601 g/mol. The third-order valence-electron chi connectivity index (χ3n) is 7.94. The van der Waals surface area contributed by atoms with Gasteiger partial charge in [-0.2, -0.15) is 0 Å². The van der Waals surface area contributed by atoms with Gasteiger partial charge in [-0.25, -0.2) is 0 Å². The lowest BCUT2D eigenvalue weighted by atomic mass is 9.84. The van der Waals surface area contributed by atoms with Gasteiger partial charge in [-0.05, 0) is 116 Å². The highest BCUT2D eigenvalue weighted by Crippen LogP contribution is 2.46. The molecule has 0 nitrogen and oxygen atoms in total. The highest BCUT2D eigenvalue weighted by atomic mass is 14.2. The van der Waals surface area contributed by atoms with Gasteiger partial charge in [-0.3, -0.25) is 0 Å². The standard InChI is InChI=1S/C50H32/c1-3-13-38-30-40(26-22-33(38)10-1)35-20-24-37(25-21-35)49-45-17-7-8-18-46(45)50(42-27-23-34-11-2-4-14-39(34)31-42)47-29-28-41(32-48(47)49)44-19-9-15-36-12-5-6-16-43(36)44/h1-32H/i1D,2D,3D,4D,5D,6D,7D,8D,9D,10D,11D,12D,13D,14D,15D,16D,17D,18D,19D,20D,21D,22D,23D,24D,25D,26D,27D,28D,29D,30D,31D,32D. The fraction of sp³-hybridized carbons (Fsp3) is 0. The van der Waals surface area contributed by atoms with Crippen molar-refractivity contribution in [1.29, 1.82) is 0 Å². The van der Waals surface area contributed by atoms with Gasteiger partial charge < -0.3 is 0 Å². The van der Waals surface area contributed by atoms with E-state index in [2.05, 4.69) is 0 Å². The first-order valence-corrected chi connectivity index (χ1v) is 14.8. The minimum absolute atomic E-state index is 0.590. The number of benzene rings is 10. The van der Waals surface area contributed by atoms with Crippen molar-refractivity contribution in [2.75, 3.05) is 0 Å². The van der Waals surface area contributed by atoms with Gasteiger partial charge in [0.15, 0.2) is 0 Å². The van der Waals surface area contributed by atoms with Crippen molar-refractivity contribution in [3.63, 3.8) is 0 Å². The van der Waals surface area contributed by atoms with Crippen molar-refractivity contribution in [1.82, 2.24) is 0 Å². The number of rotatable bonds is 4. The first kappa shape index (κ1) is 11.0. The molecular formula is C50H32. The largest absolute Gasteiger partial charge is 0.0636 e. The molecule has 0 N–H and O–H groups in total. The molecule has 0 fully saturated rings. The van der Waals surface area contributed by atoms with Crippen molar-refractivity contribution in [3.05, 3.63) is 193 Å². The molecule has 0 aliphatic heterocycles. The zero-order valence-corrected chi connectivity index (χ0v) is 25.0. The Bertz CT molecular complexity index is 4720. The lowest BCUT2D eigenvalue weighted by Gasteiger charge is -2.19. The fourth-order valence-corrected chi connectivity index (χ4v) is 5.72. The molecule has 10 rings (SSSR count). The fourth-order valence-electron chi connectivity index (χ4n) is 5.72. The van der Waals surface area contributed by atoms with Gasteiger partial charge in [0.2, 0.25) is 0 Å². The van der Waals surface area contributed by atoms with Crippen LogP contribution < -0.4 is 0 Å². The van der Waals surface area contributed by atoms with E-state index < -0.39 is 292 Å². The van der Waals surface area contributed by atoms with E-state index in [1.807, 2.05) is 0 Å². The van der Waals surface area contributed by atoms with Crippen LogP contribution in [0.3, 0.4) is 0 Å². The van der Waals surface area contributed by atoms with Gasteiger partial charge >= 0.3 is 0 Å². The van der Waals surface area contributed by atoms with Crippen molar-refractivity contribution < 1.29 is 43.9 Å². The Morgan fingerprint density at radius 1 is 0.240 bits per heavy atom. The first-order valence-electron chi connectivity index (χ1n) is 30.8. The van der Waals surface area contributed by atoms with E-state index in [4.69, 9.17) is 24.7 Å². The quantitative estimate of drug-likeness (QED) is 0.164. The topological polar surface area (TPSA) is 0 Å². The molecule has 0 heterocycles. The second kappa shape index (κ2) is 11.6. The van der Waals surface area contributed by atoms with Crippen LogP contribution in [0.15, 0.2) is 193 Å². The smallest absolute Gasteiger partial charge is 0.0616 e. The molecule has 232 valence electrons. The molecule has 0 radical (unpaired) electrons. The molecule has 50 heavy (non-hydrogen) atoms. The van der Waals surface area contributed by atoms with Crippen molar-refractivity contribution >= 4 is 53.9 Å². The second-order valence-corrected chi connectivity index (χ2v) is 10.8. The molecule has 0 bridgehead atoms. The Labute approximate surface area is 336 Å². The van der Waals surface area contributed by atoms with Gasteiger partial charge in [0.05, 0.1) is 43.9 Å². The number of hydrogen-bond donors (Lipinski definition) is 0. The maximum atomic E-state index is 10.3. The van der Waals surface area contributed by atoms with E-state index >= 15 is 0 Å². The summed E-state index contributed by atoms with van der Waals surface area (Å²) >= 11 is 0. The van der Waals surface area contributed by atoms with Crippen LogP contribution in [0.2, 0.25) is 0 Å². The summed E-state index contributed by atoms with van der Waals surface area (Å²) in [6.45, 7) is 0. The summed E-state index contributed by atoms with van der Waals surface area (Å²) < 4.78 is 291. The summed E-state index contributed by atoms with van der Waals surface area (Å²) in [7, 11) is 0. The zero-order chi connectivity index (χ0) is 60.9. The van der Waals surface area contributed by atoms with Gasteiger partial charge in [0.1, 0.15) is 0 Å². The molecule has 0 spiro atoms. The number of hydrogen-bond acceptors (Lipinski definition) is 0. The maximum Gasteiger partial charge on any atom is 0.0636 e. The molecule has 0 atom stereocenters. The number of fused-ring (bicyclic) bond motifs is 5. The molecule has 10 aromatic rings. The van der Waals surface area contributed by atoms with Gasteiger partial charge in [0, 0.05) is 0 Å². The molecule has 0 saturated heterocycles. The van der Waals surface area contributed by atoms with Crippen LogP contribution in [-0.2, 0) is 0 Å². The molecule has 0 heteroatoms. The van der Waals surface area contributed by atoms with Crippen LogP contribution in [0.1, 0.15) is 43.9 Å². The Morgan fingerprint density at radius 2 is 0.700 bits per heavy atom. The first-order chi connectivity index (χ1) is 38.1. The van der Waals surface area contributed by atoms with Crippen LogP contribution in [0.4, 0.5) is 0 Å². The normalized spacial score (nSPS) is 20.6. The van der Waals surface area contributed by atoms with Crippen LogP contribution in [0.5, 0.6) is 0 Å². The van der Waals surface area contributed by atoms with E-state index in [1.54, 1.807) is 0 Å². The third kappa shape index (κ3) is 4.69. The molecule has 0 saturated carbocycles. The minimum Gasteiger partial charge on any atom is -0.0616 e. The molecule has 0 aliphatic rings. The summed E-state index contributed by atoms with van der Waals surface area (Å²) in [4.78, 5) is 0. The van der Waals surface area contributed by atoms with E-state index in [-0.39, 0.29) is 0 Å². The van der Waals surface area contributed by atoms with Crippen LogP contribution in [-0.4, -0.2) is 0 Å². The molecule has 0 amide bonds. The van der Waals surface area contributed by atoms with Crippen molar-refractivity contribution in [2.45, 2.75) is 0 Å². The highest BCUT2D eigenvalue weighted by Gasteiger charge is 2.18. The summed E-state index contributed by atoms with van der Waals surface area (Å²) in [5.41, 5.74) is -7.27. The van der Waals surface area contributed by atoms with Crippen LogP contribution in [0, 0.1) is 0 Å². The average molecular weight is 665 g/mol. The Hall–Kier alpha value is -6.50. The van der Waals surface area contributed by atoms with E-state index in [9.17, 15) is 19.2 Å². The Balaban J connectivity index is 1.54. The lowest BCUT2D eigenvalue weighted by Crippen LogP contribution is -1.92. The molecule has 0 aliphatic carbocycles. The predicted molar refractivity (Wildman–Crippen MR) is 216 cm³/mol. The van der Waals surface area contributed by atoms with Gasteiger partial charge in [-0.15, -0.1) is 0 Å². The molecule has 10 aromatic carbocycles. The highest BCUT2D eigenvalue weighted by molar-refractivity contribution is 6.22. The monoisotopic (exact) mass is 664 g/mol. The van der Waals surface area contributed by atoms with Gasteiger partial charge in [-0.1, -0.05) is 175 Å². The van der Waals surface area contributed by atoms with E-state index in [0.29, 0.717) is 0 Å². The summed E-state index contributed by atoms with van der Waals surface area (Å²) in [5.74, 6) is 0. The van der Waals surface area contributed by atoms with Crippen molar-refractivity contribution in [3.8, 4) is 44.5 Å². The van der Waals surface area contributed by atoms with Gasteiger partial charge in [0.25, 0.3) is 0 Å². The maximum absolute atomic E-state index is 10.3. The SMILES string of the molecule is [2H]c1c([2H])c(-c2c3c([2H])c([2H])c([2H])c([2H])c3c(-c3c([2H])c([2H])c4c([2H])c([2H])c([2H])c([2H])c4c3[2H])c3c([2H])c([2H])c(-c4c([2H])c([2H])c([2H])c5c([2H])c([2H])c([2H])c([2H])c45)c([2H])c23)c([2H])c([2H])c1-c1c([2H])c([2H])c2c([2H])c([2H])c([2H])c([2H])c2c1[2H]. The lowest BCUT2D eigenvalue weighted by molar-refractivity contribution is 1.62. The molecule has 0 aromatic heterocycles.